The summed E-state index contributed by atoms with van der Waals surface area (Å²) in [6, 6.07) is 8.07. The molecule has 0 unspecified atom stereocenters. The number of nitrogens with zero attached hydrogens (tertiary/aromatic N) is 3. The van der Waals surface area contributed by atoms with Crippen LogP contribution >= 0.6 is 15.9 Å². The van der Waals surface area contributed by atoms with Gasteiger partial charge in [-0.05, 0) is 18.1 Å². The zero-order valence-electron chi connectivity index (χ0n) is 10.6. The van der Waals surface area contributed by atoms with Crippen molar-refractivity contribution in [2.75, 3.05) is 0 Å². The van der Waals surface area contributed by atoms with Crippen LogP contribution in [0.5, 0.6) is 0 Å². The van der Waals surface area contributed by atoms with Gasteiger partial charge in [-0.15, -0.1) is 10.2 Å². The van der Waals surface area contributed by atoms with Crippen molar-refractivity contribution in [1.82, 2.24) is 14.8 Å². The average Bonchev–Trinajstić information content (AvgIpc) is 2.71. The van der Waals surface area contributed by atoms with E-state index >= 15 is 0 Å². The molecule has 0 atom stereocenters. The van der Waals surface area contributed by atoms with Crippen LogP contribution in [0, 0.1) is 5.92 Å². The lowest BCUT2D eigenvalue weighted by Crippen LogP contribution is -2.13. The highest BCUT2D eigenvalue weighted by atomic mass is 79.9. The van der Waals surface area contributed by atoms with Crippen molar-refractivity contribution in [3.05, 3.63) is 34.6 Å². The molecule has 1 aromatic carbocycles. The molecule has 0 fully saturated rings. The summed E-state index contributed by atoms with van der Waals surface area (Å²) in [5.74, 6) is 2.24. The van der Waals surface area contributed by atoms with Gasteiger partial charge in [0.05, 0.1) is 6.54 Å². The molecule has 0 radical (unpaired) electrons. The van der Waals surface area contributed by atoms with Gasteiger partial charge in [0.25, 0.3) is 0 Å². The van der Waals surface area contributed by atoms with Gasteiger partial charge in [0, 0.05) is 16.6 Å². The zero-order chi connectivity index (χ0) is 13.1. The number of benzene rings is 1. The summed E-state index contributed by atoms with van der Waals surface area (Å²) in [6.07, 6.45) is 0. The Labute approximate surface area is 115 Å². The Bertz CT molecular complexity index is 534. The van der Waals surface area contributed by atoms with E-state index in [1.807, 2.05) is 24.3 Å². The Morgan fingerprint density at radius 2 is 2.11 bits per heavy atom. The third kappa shape index (κ3) is 2.79. The maximum atomic E-state index is 5.72. The van der Waals surface area contributed by atoms with E-state index in [1.54, 1.807) is 0 Å². The Morgan fingerprint density at radius 3 is 2.72 bits per heavy atom. The molecule has 5 heteroatoms. The van der Waals surface area contributed by atoms with Crippen LogP contribution in [0.25, 0.3) is 11.4 Å². The fraction of sp³-hybridized carbons (Fsp3) is 0.385. The van der Waals surface area contributed by atoms with Gasteiger partial charge in [-0.3, -0.25) is 0 Å². The molecular weight excluding hydrogens is 292 g/mol. The van der Waals surface area contributed by atoms with E-state index in [-0.39, 0.29) is 0 Å². The average molecular weight is 309 g/mol. The van der Waals surface area contributed by atoms with Crippen LogP contribution in [-0.4, -0.2) is 14.8 Å². The molecule has 1 aromatic heterocycles. The van der Waals surface area contributed by atoms with Crippen molar-refractivity contribution < 1.29 is 0 Å². The number of nitrogens with two attached hydrogens (primary N) is 1. The summed E-state index contributed by atoms with van der Waals surface area (Å²) in [6.45, 7) is 5.63. The SMILES string of the molecule is CC(C)Cn1c(CN)nnc1-c1cccc(Br)c1. The van der Waals surface area contributed by atoms with Gasteiger partial charge in [-0.2, -0.15) is 0 Å². The third-order valence-corrected chi connectivity index (χ3v) is 3.13. The standard InChI is InChI=1S/C13H17BrN4/c1-9(2)8-18-12(7-15)16-17-13(18)10-4-3-5-11(14)6-10/h3-6,9H,7-8,15H2,1-2H3. The number of halogens is 1. The molecule has 4 nitrogen and oxygen atoms in total. The second-order valence-electron chi connectivity index (χ2n) is 4.66. The summed E-state index contributed by atoms with van der Waals surface area (Å²) >= 11 is 3.48. The van der Waals surface area contributed by atoms with Gasteiger partial charge in [-0.25, -0.2) is 0 Å². The number of hydrogen-bond donors (Lipinski definition) is 1. The van der Waals surface area contributed by atoms with E-state index < -0.39 is 0 Å². The highest BCUT2D eigenvalue weighted by molar-refractivity contribution is 9.10. The summed E-state index contributed by atoms with van der Waals surface area (Å²) in [4.78, 5) is 0. The van der Waals surface area contributed by atoms with Crippen molar-refractivity contribution in [2.24, 2.45) is 11.7 Å². The molecule has 0 amide bonds. The first-order valence-electron chi connectivity index (χ1n) is 6.00. The molecule has 0 saturated carbocycles. The minimum Gasteiger partial charge on any atom is -0.324 e. The zero-order valence-corrected chi connectivity index (χ0v) is 12.2. The van der Waals surface area contributed by atoms with Gasteiger partial charge in [0.2, 0.25) is 0 Å². The lowest BCUT2D eigenvalue weighted by molar-refractivity contribution is 0.510. The predicted molar refractivity (Wildman–Crippen MR) is 75.9 cm³/mol. The molecule has 0 aliphatic carbocycles. The minimum absolute atomic E-state index is 0.410. The van der Waals surface area contributed by atoms with Crippen LogP contribution in [0.3, 0.4) is 0 Å². The van der Waals surface area contributed by atoms with E-state index in [1.165, 1.54) is 0 Å². The third-order valence-electron chi connectivity index (χ3n) is 2.64. The molecule has 0 spiro atoms. The molecule has 0 saturated heterocycles. The van der Waals surface area contributed by atoms with Crippen LogP contribution in [0.4, 0.5) is 0 Å². The van der Waals surface area contributed by atoms with Crippen molar-refractivity contribution in [3.8, 4) is 11.4 Å². The molecule has 18 heavy (non-hydrogen) atoms. The van der Waals surface area contributed by atoms with Crippen molar-refractivity contribution in [2.45, 2.75) is 26.9 Å². The highest BCUT2D eigenvalue weighted by Crippen LogP contribution is 2.23. The number of aromatic nitrogens is 3. The van der Waals surface area contributed by atoms with E-state index in [0.717, 1.165) is 28.2 Å². The minimum atomic E-state index is 0.410. The van der Waals surface area contributed by atoms with Crippen LogP contribution in [0.15, 0.2) is 28.7 Å². The first kappa shape index (κ1) is 13.2. The molecule has 1 heterocycles. The van der Waals surface area contributed by atoms with E-state index in [4.69, 9.17) is 5.73 Å². The summed E-state index contributed by atoms with van der Waals surface area (Å²) < 4.78 is 3.14. The first-order valence-corrected chi connectivity index (χ1v) is 6.79. The molecule has 0 bridgehead atoms. The number of hydrogen-bond acceptors (Lipinski definition) is 3. The lowest BCUT2D eigenvalue weighted by atomic mass is 10.2. The Hall–Kier alpha value is -1.20. The molecular formula is C13H17BrN4. The number of rotatable bonds is 4. The maximum absolute atomic E-state index is 5.72. The van der Waals surface area contributed by atoms with Crippen LogP contribution < -0.4 is 5.73 Å². The maximum Gasteiger partial charge on any atom is 0.164 e. The molecule has 2 rings (SSSR count). The summed E-state index contributed by atoms with van der Waals surface area (Å²) in [5.41, 5.74) is 6.77. The fourth-order valence-electron chi connectivity index (χ4n) is 1.88. The summed E-state index contributed by atoms with van der Waals surface area (Å²) in [7, 11) is 0. The van der Waals surface area contributed by atoms with E-state index in [2.05, 4.69) is 44.5 Å². The van der Waals surface area contributed by atoms with Gasteiger partial charge in [0.1, 0.15) is 5.82 Å². The quantitative estimate of drug-likeness (QED) is 0.945. The molecule has 96 valence electrons. The normalized spacial score (nSPS) is 11.2. The van der Waals surface area contributed by atoms with E-state index in [9.17, 15) is 0 Å². The largest absolute Gasteiger partial charge is 0.324 e. The molecule has 0 aliphatic heterocycles. The Kier molecular flexibility index (Phi) is 4.14. The van der Waals surface area contributed by atoms with Crippen molar-refractivity contribution in [3.63, 3.8) is 0 Å². The summed E-state index contributed by atoms with van der Waals surface area (Å²) in [5, 5.41) is 8.43. The second kappa shape index (κ2) is 5.63. The highest BCUT2D eigenvalue weighted by Gasteiger charge is 2.13. The first-order chi connectivity index (χ1) is 8.61. The van der Waals surface area contributed by atoms with Crippen LogP contribution in [-0.2, 0) is 13.1 Å². The molecule has 2 N–H and O–H groups in total. The van der Waals surface area contributed by atoms with Gasteiger partial charge < -0.3 is 10.3 Å². The molecule has 2 aromatic rings. The van der Waals surface area contributed by atoms with Gasteiger partial charge in [0.15, 0.2) is 5.82 Å². The topological polar surface area (TPSA) is 56.7 Å². The lowest BCUT2D eigenvalue weighted by Gasteiger charge is -2.12. The van der Waals surface area contributed by atoms with Crippen LogP contribution in [0.1, 0.15) is 19.7 Å². The second-order valence-corrected chi connectivity index (χ2v) is 5.57. The fourth-order valence-corrected chi connectivity index (χ4v) is 2.28. The van der Waals surface area contributed by atoms with Gasteiger partial charge in [-0.1, -0.05) is 41.9 Å². The van der Waals surface area contributed by atoms with E-state index in [0.29, 0.717) is 12.5 Å². The smallest absolute Gasteiger partial charge is 0.164 e. The van der Waals surface area contributed by atoms with Gasteiger partial charge >= 0.3 is 0 Å². The Morgan fingerprint density at radius 1 is 1.33 bits per heavy atom. The molecule has 0 aliphatic rings. The monoisotopic (exact) mass is 308 g/mol. The Balaban J connectivity index is 2.47. The van der Waals surface area contributed by atoms with Crippen molar-refractivity contribution in [1.29, 1.82) is 0 Å². The van der Waals surface area contributed by atoms with Crippen molar-refractivity contribution >= 4 is 15.9 Å². The predicted octanol–water partition coefficient (Wildman–Crippen LogP) is 2.82. The van der Waals surface area contributed by atoms with Crippen LogP contribution in [0.2, 0.25) is 0 Å².